The van der Waals surface area contributed by atoms with Gasteiger partial charge in [0.1, 0.15) is 0 Å². The maximum Gasteiger partial charge on any atom is 0.443 e. The fourth-order valence-corrected chi connectivity index (χ4v) is 2.89. The van der Waals surface area contributed by atoms with Gasteiger partial charge in [0, 0.05) is 16.6 Å². The molecule has 3 N–H and O–H groups in total. The first-order valence-corrected chi connectivity index (χ1v) is 6.65. The molecule has 0 fully saturated rings. The van der Waals surface area contributed by atoms with Gasteiger partial charge in [-0.15, -0.1) is 11.3 Å². The molecule has 4 nitrogen and oxygen atoms in total. The minimum atomic E-state index is -4.41. The van der Waals surface area contributed by atoms with Gasteiger partial charge in [0.2, 0.25) is 0 Å². The number of hydrogen-bond acceptors (Lipinski definition) is 5. The number of aromatic nitrogens is 1. The second-order valence-electron chi connectivity index (χ2n) is 4.77. The smallest absolute Gasteiger partial charge is 0.302 e. The van der Waals surface area contributed by atoms with Gasteiger partial charge in [0.15, 0.2) is 5.01 Å². The van der Waals surface area contributed by atoms with E-state index in [1.54, 1.807) is 0 Å². The highest BCUT2D eigenvalue weighted by Gasteiger charge is 2.40. The third-order valence-corrected chi connectivity index (χ3v) is 4.68. The molecule has 0 spiro atoms. The fraction of sp³-hybridized carbons (Fsp3) is 0.727. The van der Waals surface area contributed by atoms with Gasteiger partial charge in [-0.1, -0.05) is 6.92 Å². The molecule has 2 atom stereocenters. The van der Waals surface area contributed by atoms with Crippen LogP contribution in [-0.4, -0.2) is 29.5 Å². The van der Waals surface area contributed by atoms with Crippen LogP contribution in [0.5, 0.6) is 0 Å². The number of nitrogens with two attached hydrogens (primary N) is 1. The minimum absolute atomic E-state index is 0.399. The molecule has 19 heavy (non-hydrogen) atoms. The first-order valence-electron chi connectivity index (χ1n) is 5.83. The molecular weight excluding hydrogens is 277 g/mol. The Morgan fingerprint density at radius 2 is 2.05 bits per heavy atom. The number of hydrazine groups is 1. The Kier molecular flexibility index (Phi) is 4.94. The number of halogens is 3. The molecule has 8 heteroatoms. The monoisotopic (exact) mass is 296 g/mol. The van der Waals surface area contributed by atoms with Crippen molar-refractivity contribution in [3.63, 3.8) is 0 Å². The molecule has 0 radical (unpaired) electrons. The van der Waals surface area contributed by atoms with Crippen molar-refractivity contribution in [3.05, 3.63) is 16.1 Å². The molecule has 1 aromatic rings. The van der Waals surface area contributed by atoms with E-state index < -0.39 is 22.8 Å². The lowest BCUT2D eigenvalue weighted by atomic mass is 9.87. The quantitative estimate of drug-likeness (QED) is 0.647. The van der Waals surface area contributed by atoms with E-state index in [0.717, 1.165) is 6.42 Å². The van der Waals surface area contributed by atoms with E-state index in [2.05, 4.69) is 10.4 Å². The summed E-state index contributed by atoms with van der Waals surface area (Å²) >= 11 is 0.627. The maximum absolute atomic E-state index is 12.6. The summed E-state index contributed by atoms with van der Waals surface area (Å²) in [6.07, 6.45) is -2.44. The molecule has 2 unspecified atom stereocenters. The molecule has 110 valence electrons. The van der Waals surface area contributed by atoms with Crippen LogP contribution in [0.2, 0.25) is 0 Å². The summed E-state index contributed by atoms with van der Waals surface area (Å²) in [5.74, 6) is 5.54. The van der Waals surface area contributed by atoms with Crippen molar-refractivity contribution in [1.82, 2.24) is 15.3 Å². The van der Waals surface area contributed by atoms with Crippen molar-refractivity contribution in [1.29, 1.82) is 0 Å². The summed E-state index contributed by atoms with van der Waals surface area (Å²) in [6.45, 7) is 3.92. The van der Waals surface area contributed by atoms with Gasteiger partial charge >= 0.3 is 6.18 Å². The van der Waals surface area contributed by atoms with E-state index in [1.807, 2.05) is 32.8 Å². The minimum Gasteiger partial charge on any atom is -0.302 e. The molecule has 1 aromatic heterocycles. The Balaban J connectivity index is 3.14. The zero-order valence-corrected chi connectivity index (χ0v) is 12.2. The van der Waals surface area contributed by atoms with Crippen LogP contribution in [0, 0.1) is 0 Å². The molecule has 1 rings (SSSR count). The Bertz CT molecular complexity index is 418. The van der Waals surface area contributed by atoms with Gasteiger partial charge in [-0.25, -0.2) is 4.98 Å². The van der Waals surface area contributed by atoms with Crippen LogP contribution in [-0.2, 0) is 6.18 Å². The average molecular weight is 296 g/mol. The van der Waals surface area contributed by atoms with Gasteiger partial charge < -0.3 is 4.90 Å². The van der Waals surface area contributed by atoms with Crippen molar-refractivity contribution >= 4 is 11.3 Å². The number of rotatable bonds is 5. The Hall–Kier alpha value is -0.700. The van der Waals surface area contributed by atoms with Crippen molar-refractivity contribution in [3.8, 4) is 0 Å². The summed E-state index contributed by atoms with van der Waals surface area (Å²) in [7, 11) is 3.75. The standard InChI is InChI=1S/C11H19F3N4S/c1-5-10(2,18(3)4)8(17-15)7-6-16-9(19-7)11(12,13)14/h6,8,17H,5,15H2,1-4H3. The van der Waals surface area contributed by atoms with E-state index in [0.29, 0.717) is 16.2 Å². The predicted molar refractivity (Wildman–Crippen MR) is 69.6 cm³/mol. The average Bonchev–Trinajstić information content (AvgIpc) is 2.78. The molecule has 0 aliphatic carbocycles. The number of nitrogens with zero attached hydrogens (tertiary/aromatic N) is 2. The van der Waals surface area contributed by atoms with Gasteiger partial charge in [-0.3, -0.25) is 11.3 Å². The lowest BCUT2D eigenvalue weighted by Crippen LogP contribution is -2.52. The van der Waals surface area contributed by atoms with Crippen LogP contribution in [0.3, 0.4) is 0 Å². The summed E-state index contributed by atoms with van der Waals surface area (Å²) in [6, 6.07) is -0.416. The first kappa shape index (κ1) is 16.4. The maximum atomic E-state index is 12.6. The highest BCUT2D eigenvalue weighted by Crippen LogP contribution is 2.39. The third kappa shape index (κ3) is 3.25. The molecule has 0 saturated carbocycles. The number of alkyl halides is 3. The van der Waals surface area contributed by atoms with E-state index in [9.17, 15) is 13.2 Å². The van der Waals surface area contributed by atoms with Crippen LogP contribution >= 0.6 is 11.3 Å². The summed E-state index contributed by atoms with van der Waals surface area (Å²) in [4.78, 5) is 5.87. The number of hydrogen-bond donors (Lipinski definition) is 2. The van der Waals surface area contributed by atoms with Crippen molar-refractivity contribution < 1.29 is 13.2 Å². The van der Waals surface area contributed by atoms with Gasteiger partial charge in [0.05, 0.1) is 6.04 Å². The Labute approximate surface area is 114 Å². The molecule has 0 aliphatic rings. The topological polar surface area (TPSA) is 54.2 Å². The number of nitrogens with one attached hydrogen (secondary N) is 1. The highest BCUT2D eigenvalue weighted by atomic mass is 32.1. The zero-order valence-electron chi connectivity index (χ0n) is 11.4. The first-order chi connectivity index (χ1) is 8.66. The summed E-state index contributed by atoms with van der Waals surface area (Å²) < 4.78 is 37.8. The van der Waals surface area contributed by atoms with E-state index in [4.69, 9.17) is 5.84 Å². The second-order valence-corrected chi connectivity index (χ2v) is 5.83. The highest BCUT2D eigenvalue weighted by molar-refractivity contribution is 7.11. The second kappa shape index (κ2) is 5.74. The van der Waals surface area contributed by atoms with Crippen molar-refractivity contribution in [2.75, 3.05) is 14.1 Å². The SMILES string of the molecule is CCC(C)(C(NN)c1cnc(C(F)(F)F)s1)N(C)C. The van der Waals surface area contributed by atoms with Crippen LogP contribution < -0.4 is 11.3 Å². The molecule has 1 heterocycles. The van der Waals surface area contributed by atoms with Crippen LogP contribution in [0.25, 0.3) is 0 Å². The summed E-state index contributed by atoms with van der Waals surface area (Å²) in [5, 5.41) is -0.847. The number of likely N-dealkylation sites (N-methyl/N-ethyl adjacent to an activating group) is 1. The Morgan fingerprint density at radius 3 is 2.37 bits per heavy atom. The molecule has 0 amide bonds. The summed E-state index contributed by atoms with van der Waals surface area (Å²) in [5.41, 5.74) is 2.22. The molecule has 0 bridgehead atoms. The van der Waals surface area contributed by atoms with Crippen LogP contribution in [0.15, 0.2) is 6.20 Å². The largest absolute Gasteiger partial charge is 0.443 e. The van der Waals surface area contributed by atoms with E-state index in [-0.39, 0.29) is 0 Å². The van der Waals surface area contributed by atoms with E-state index >= 15 is 0 Å². The van der Waals surface area contributed by atoms with Gasteiger partial charge in [-0.2, -0.15) is 13.2 Å². The van der Waals surface area contributed by atoms with Crippen LogP contribution in [0.1, 0.15) is 36.2 Å². The van der Waals surface area contributed by atoms with Crippen LogP contribution in [0.4, 0.5) is 13.2 Å². The van der Waals surface area contributed by atoms with Gasteiger partial charge in [-0.05, 0) is 27.4 Å². The lowest BCUT2D eigenvalue weighted by Gasteiger charge is -2.41. The third-order valence-electron chi connectivity index (χ3n) is 3.58. The molecular formula is C11H19F3N4S. The van der Waals surface area contributed by atoms with E-state index in [1.165, 1.54) is 6.20 Å². The Morgan fingerprint density at radius 1 is 1.47 bits per heavy atom. The fourth-order valence-electron chi connectivity index (χ4n) is 1.90. The normalized spacial score (nSPS) is 17.5. The number of thiazole rings is 1. The molecule has 0 aromatic carbocycles. The lowest BCUT2D eigenvalue weighted by molar-refractivity contribution is -0.137. The van der Waals surface area contributed by atoms with Crippen molar-refractivity contribution in [2.24, 2.45) is 5.84 Å². The predicted octanol–water partition coefficient (Wildman–Crippen LogP) is 2.40. The van der Waals surface area contributed by atoms with Crippen molar-refractivity contribution in [2.45, 2.75) is 38.0 Å². The van der Waals surface area contributed by atoms with Gasteiger partial charge in [0.25, 0.3) is 0 Å². The zero-order chi connectivity index (χ0) is 14.8. The molecule has 0 aliphatic heterocycles. The molecule has 0 saturated heterocycles.